The molecule has 0 spiro atoms. The Bertz CT molecular complexity index is 632. The third kappa shape index (κ3) is 4.03. The molecule has 0 saturated heterocycles. The normalized spacial score (nSPS) is 10.1. The minimum atomic E-state index is -0.650. The van der Waals surface area contributed by atoms with Gasteiger partial charge in [0.1, 0.15) is 19.0 Å². The van der Waals surface area contributed by atoms with E-state index in [0.29, 0.717) is 12.3 Å². The van der Waals surface area contributed by atoms with Gasteiger partial charge in [-0.15, -0.1) is 0 Å². The minimum absolute atomic E-state index is 0.153. The van der Waals surface area contributed by atoms with E-state index in [9.17, 15) is 4.79 Å². The summed E-state index contributed by atoms with van der Waals surface area (Å²) in [6, 6.07) is 12.3. The lowest BCUT2D eigenvalue weighted by atomic mass is 10.1. The first-order chi connectivity index (χ1) is 10.1. The quantitative estimate of drug-likeness (QED) is 0.634. The number of benzene rings is 2. The van der Waals surface area contributed by atoms with Gasteiger partial charge in [0.2, 0.25) is 0 Å². The SMILES string of the molecule is NC(=O)c1cc(N)cc(Cl)c1OCCOc1ccccc1. The van der Waals surface area contributed by atoms with Gasteiger partial charge < -0.3 is 20.9 Å². The highest BCUT2D eigenvalue weighted by Gasteiger charge is 2.14. The highest BCUT2D eigenvalue weighted by molar-refractivity contribution is 6.33. The molecular weight excluding hydrogens is 292 g/mol. The van der Waals surface area contributed by atoms with E-state index >= 15 is 0 Å². The monoisotopic (exact) mass is 306 g/mol. The highest BCUT2D eigenvalue weighted by Crippen LogP contribution is 2.31. The topological polar surface area (TPSA) is 87.6 Å². The van der Waals surface area contributed by atoms with Crippen molar-refractivity contribution in [2.24, 2.45) is 5.73 Å². The van der Waals surface area contributed by atoms with Crippen LogP contribution in [0, 0.1) is 0 Å². The molecule has 21 heavy (non-hydrogen) atoms. The molecule has 0 bridgehead atoms. The van der Waals surface area contributed by atoms with Crippen molar-refractivity contribution in [3.63, 3.8) is 0 Å². The predicted molar refractivity (Wildman–Crippen MR) is 81.8 cm³/mol. The number of halogens is 1. The second kappa shape index (κ2) is 6.85. The number of anilines is 1. The Morgan fingerprint density at radius 1 is 1.10 bits per heavy atom. The first-order valence-electron chi connectivity index (χ1n) is 6.27. The third-order valence-electron chi connectivity index (χ3n) is 2.67. The van der Waals surface area contributed by atoms with Gasteiger partial charge in [-0.1, -0.05) is 29.8 Å². The fourth-order valence-corrected chi connectivity index (χ4v) is 2.05. The van der Waals surface area contributed by atoms with Gasteiger partial charge in [-0.25, -0.2) is 0 Å². The Kier molecular flexibility index (Phi) is 4.90. The third-order valence-corrected chi connectivity index (χ3v) is 2.95. The Morgan fingerprint density at radius 3 is 2.43 bits per heavy atom. The molecule has 0 heterocycles. The maximum absolute atomic E-state index is 11.4. The fourth-order valence-electron chi connectivity index (χ4n) is 1.76. The zero-order chi connectivity index (χ0) is 15.2. The molecule has 4 N–H and O–H groups in total. The van der Waals surface area contributed by atoms with E-state index in [4.69, 9.17) is 32.5 Å². The molecule has 0 radical (unpaired) electrons. The number of nitrogen functional groups attached to an aromatic ring is 1. The van der Waals surface area contributed by atoms with Crippen molar-refractivity contribution in [3.05, 3.63) is 53.1 Å². The van der Waals surface area contributed by atoms with E-state index in [1.807, 2.05) is 30.3 Å². The van der Waals surface area contributed by atoms with Crippen LogP contribution in [0.4, 0.5) is 5.69 Å². The van der Waals surface area contributed by atoms with Gasteiger partial charge in [0.05, 0.1) is 10.6 Å². The first kappa shape index (κ1) is 15.0. The molecule has 2 aromatic rings. The smallest absolute Gasteiger partial charge is 0.252 e. The second-order valence-electron chi connectivity index (χ2n) is 4.25. The van der Waals surface area contributed by atoms with Gasteiger partial charge in [-0.3, -0.25) is 4.79 Å². The van der Waals surface area contributed by atoms with Crippen molar-refractivity contribution in [1.29, 1.82) is 0 Å². The number of carbonyl (C=O) groups is 1. The Labute approximate surface area is 127 Å². The van der Waals surface area contributed by atoms with E-state index in [2.05, 4.69) is 0 Å². The molecule has 2 rings (SSSR count). The van der Waals surface area contributed by atoms with Crippen molar-refractivity contribution in [2.45, 2.75) is 0 Å². The van der Waals surface area contributed by atoms with Gasteiger partial charge in [0.25, 0.3) is 5.91 Å². The highest BCUT2D eigenvalue weighted by atomic mass is 35.5. The maximum atomic E-state index is 11.4. The van der Waals surface area contributed by atoms with Crippen LogP contribution in [0.2, 0.25) is 5.02 Å². The zero-order valence-electron chi connectivity index (χ0n) is 11.2. The van der Waals surface area contributed by atoms with Crippen LogP contribution >= 0.6 is 11.6 Å². The summed E-state index contributed by atoms with van der Waals surface area (Å²) in [6.07, 6.45) is 0. The van der Waals surface area contributed by atoms with Gasteiger partial charge in [0, 0.05) is 5.69 Å². The lowest BCUT2D eigenvalue weighted by Crippen LogP contribution is -2.16. The molecule has 6 heteroatoms. The molecule has 0 aliphatic carbocycles. The molecule has 1 amide bonds. The lowest BCUT2D eigenvalue weighted by Gasteiger charge is -2.13. The van der Waals surface area contributed by atoms with Crippen molar-refractivity contribution >= 4 is 23.2 Å². The van der Waals surface area contributed by atoms with E-state index in [-0.39, 0.29) is 22.9 Å². The number of carbonyl (C=O) groups excluding carboxylic acids is 1. The molecule has 0 saturated carbocycles. The number of hydrogen-bond donors (Lipinski definition) is 2. The fraction of sp³-hybridized carbons (Fsp3) is 0.133. The molecular formula is C15H15ClN2O3. The van der Waals surface area contributed by atoms with Crippen LogP contribution < -0.4 is 20.9 Å². The molecule has 0 unspecified atom stereocenters. The number of amides is 1. The minimum Gasteiger partial charge on any atom is -0.490 e. The number of rotatable bonds is 6. The predicted octanol–water partition coefficient (Wildman–Crippen LogP) is 2.48. The molecule has 0 aliphatic rings. The summed E-state index contributed by atoms with van der Waals surface area (Å²) in [5.74, 6) is 0.304. The van der Waals surface area contributed by atoms with E-state index in [1.165, 1.54) is 12.1 Å². The standard InChI is InChI=1S/C15H15ClN2O3/c16-13-9-10(17)8-12(15(18)19)14(13)21-7-6-20-11-4-2-1-3-5-11/h1-5,8-9H,6-7,17H2,(H2,18,19). The average molecular weight is 307 g/mol. The Balaban J connectivity index is 1.98. The molecule has 0 aliphatic heterocycles. The summed E-state index contributed by atoms with van der Waals surface area (Å²) < 4.78 is 11.0. The van der Waals surface area contributed by atoms with Gasteiger partial charge in [-0.2, -0.15) is 0 Å². The summed E-state index contributed by atoms with van der Waals surface area (Å²) in [4.78, 5) is 11.4. The van der Waals surface area contributed by atoms with Gasteiger partial charge in [0.15, 0.2) is 5.75 Å². The average Bonchev–Trinajstić information content (AvgIpc) is 2.45. The largest absolute Gasteiger partial charge is 0.490 e. The summed E-state index contributed by atoms with van der Waals surface area (Å²) in [7, 11) is 0. The van der Waals surface area contributed by atoms with Gasteiger partial charge >= 0.3 is 0 Å². The maximum Gasteiger partial charge on any atom is 0.252 e. The molecule has 0 fully saturated rings. The van der Waals surface area contributed by atoms with Crippen molar-refractivity contribution in [3.8, 4) is 11.5 Å². The van der Waals surface area contributed by atoms with E-state index in [1.54, 1.807) is 0 Å². The Hall–Kier alpha value is -2.40. The first-order valence-corrected chi connectivity index (χ1v) is 6.65. The van der Waals surface area contributed by atoms with Crippen LogP contribution in [0.15, 0.2) is 42.5 Å². The molecule has 5 nitrogen and oxygen atoms in total. The van der Waals surface area contributed by atoms with Crippen molar-refractivity contribution < 1.29 is 14.3 Å². The number of nitrogens with two attached hydrogens (primary N) is 2. The van der Waals surface area contributed by atoms with Crippen LogP contribution in [0.5, 0.6) is 11.5 Å². The van der Waals surface area contributed by atoms with Crippen LogP contribution in [-0.4, -0.2) is 19.1 Å². The number of para-hydroxylation sites is 1. The van der Waals surface area contributed by atoms with Crippen LogP contribution in [0.3, 0.4) is 0 Å². The number of hydrogen-bond acceptors (Lipinski definition) is 4. The van der Waals surface area contributed by atoms with Crippen molar-refractivity contribution in [1.82, 2.24) is 0 Å². The lowest BCUT2D eigenvalue weighted by molar-refractivity contribution is 0.0995. The molecule has 2 aromatic carbocycles. The molecule has 110 valence electrons. The summed E-state index contributed by atoms with van der Waals surface area (Å²) >= 11 is 6.02. The van der Waals surface area contributed by atoms with Crippen LogP contribution in [-0.2, 0) is 0 Å². The molecule has 0 aromatic heterocycles. The summed E-state index contributed by atoms with van der Waals surface area (Å²) in [5, 5.41) is 0.239. The number of ether oxygens (including phenoxy) is 2. The van der Waals surface area contributed by atoms with Gasteiger partial charge in [-0.05, 0) is 24.3 Å². The Morgan fingerprint density at radius 2 is 1.76 bits per heavy atom. The van der Waals surface area contributed by atoms with E-state index < -0.39 is 5.91 Å². The summed E-state index contributed by atoms with van der Waals surface area (Å²) in [6.45, 7) is 0.529. The van der Waals surface area contributed by atoms with E-state index in [0.717, 1.165) is 5.75 Å². The second-order valence-corrected chi connectivity index (χ2v) is 4.66. The summed E-state index contributed by atoms with van der Waals surface area (Å²) in [5.41, 5.74) is 11.4. The number of primary amides is 1. The molecule has 0 atom stereocenters. The van der Waals surface area contributed by atoms with Crippen molar-refractivity contribution in [2.75, 3.05) is 18.9 Å². The van der Waals surface area contributed by atoms with Crippen LogP contribution in [0.25, 0.3) is 0 Å². The van der Waals surface area contributed by atoms with Crippen LogP contribution in [0.1, 0.15) is 10.4 Å². The zero-order valence-corrected chi connectivity index (χ0v) is 12.0.